The molecule has 0 spiro atoms. The van der Waals surface area contributed by atoms with Gasteiger partial charge in [-0.15, -0.1) is 0 Å². The van der Waals surface area contributed by atoms with Gasteiger partial charge in [0.2, 0.25) is 0 Å². The number of hydrogen-bond acceptors (Lipinski definition) is 2. The predicted molar refractivity (Wildman–Crippen MR) is 57.3 cm³/mol. The monoisotopic (exact) mass is 191 g/mol. The van der Waals surface area contributed by atoms with Gasteiger partial charge in [0.15, 0.2) is 0 Å². The van der Waals surface area contributed by atoms with Gasteiger partial charge in [0.1, 0.15) is 5.75 Å². The van der Waals surface area contributed by atoms with Crippen LogP contribution in [0.15, 0.2) is 24.3 Å². The van der Waals surface area contributed by atoms with E-state index in [2.05, 4.69) is 0 Å². The molecule has 0 amide bonds. The van der Waals surface area contributed by atoms with Crippen molar-refractivity contribution in [1.29, 1.82) is 0 Å². The zero-order chi connectivity index (χ0) is 9.97. The summed E-state index contributed by atoms with van der Waals surface area (Å²) < 4.78 is 5.67. The molecule has 0 unspecified atom stereocenters. The molecule has 2 rings (SSSR count). The maximum absolute atomic E-state index is 5.80. The first-order chi connectivity index (χ1) is 6.75. The Morgan fingerprint density at radius 3 is 2.93 bits per heavy atom. The van der Waals surface area contributed by atoms with Gasteiger partial charge in [0.05, 0.1) is 6.61 Å². The fourth-order valence-electron chi connectivity index (χ4n) is 1.39. The Kier molecular flexibility index (Phi) is 2.73. The van der Waals surface area contributed by atoms with Gasteiger partial charge < -0.3 is 10.5 Å². The number of hydrogen-bond donors (Lipinski definition) is 1. The topological polar surface area (TPSA) is 35.2 Å². The molecule has 2 nitrogen and oxygen atoms in total. The molecule has 1 aliphatic carbocycles. The summed E-state index contributed by atoms with van der Waals surface area (Å²) in [4.78, 5) is 0. The van der Waals surface area contributed by atoms with Gasteiger partial charge in [-0.25, -0.2) is 0 Å². The van der Waals surface area contributed by atoms with E-state index in [1.807, 2.05) is 31.2 Å². The molecule has 0 saturated heterocycles. The average Bonchev–Trinajstić information content (AvgIpc) is 2.99. The van der Waals surface area contributed by atoms with Crippen LogP contribution in [0.1, 0.15) is 31.4 Å². The Morgan fingerprint density at radius 2 is 2.29 bits per heavy atom. The summed E-state index contributed by atoms with van der Waals surface area (Å²) >= 11 is 0. The zero-order valence-electron chi connectivity index (χ0n) is 8.57. The van der Waals surface area contributed by atoms with Crippen molar-refractivity contribution < 1.29 is 4.74 Å². The Labute approximate surface area is 85.1 Å². The van der Waals surface area contributed by atoms with Crippen LogP contribution in [0.5, 0.6) is 5.75 Å². The summed E-state index contributed by atoms with van der Waals surface area (Å²) in [6.07, 6.45) is 2.65. The van der Waals surface area contributed by atoms with Crippen molar-refractivity contribution in [1.82, 2.24) is 0 Å². The van der Waals surface area contributed by atoms with E-state index in [-0.39, 0.29) is 6.04 Å². The van der Waals surface area contributed by atoms with Crippen molar-refractivity contribution in [3.8, 4) is 5.75 Å². The lowest BCUT2D eigenvalue weighted by atomic mass is 10.1. The molecule has 1 aromatic carbocycles. The summed E-state index contributed by atoms with van der Waals surface area (Å²) in [5, 5.41) is 0. The van der Waals surface area contributed by atoms with Crippen LogP contribution in [-0.4, -0.2) is 6.61 Å². The molecule has 0 bridgehead atoms. The molecule has 1 saturated carbocycles. The third kappa shape index (κ3) is 2.48. The van der Waals surface area contributed by atoms with Crippen molar-refractivity contribution in [2.24, 2.45) is 11.7 Å². The summed E-state index contributed by atoms with van der Waals surface area (Å²) in [5.74, 6) is 1.75. The first kappa shape index (κ1) is 9.53. The second kappa shape index (κ2) is 4.01. The summed E-state index contributed by atoms with van der Waals surface area (Å²) in [5.41, 5.74) is 6.93. The molecule has 0 radical (unpaired) electrons. The van der Waals surface area contributed by atoms with Gasteiger partial charge in [-0.05, 0) is 43.4 Å². The highest BCUT2D eigenvalue weighted by atomic mass is 16.5. The van der Waals surface area contributed by atoms with Crippen LogP contribution >= 0.6 is 0 Å². The van der Waals surface area contributed by atoms with E-state index in [0.29, 0.717) is 0 Å². The van der Waals surface area contributed by atoms with Gasteiger partial charge in [0, 0.05) is 6.04 Å². The summed E-state index contributed by atoms with van der Waals surface area (Å²) in [7, 11) is 0. The Hall–Kier alpha value is -1.02. The SMILES string of the molecule is C[C@H](N)c1cccc(OCC2CC2)c1. The summed E-state index contributed by atoms with van der Waals surface area (Å²) in [6, 6.07) is 8.15. The average molecular weight is 191 g/mol. The lowest BCUT2D eigenvalue weighted by Gasteiger charge is -2.09. The van der Waals surface area contributed by atoms with Crippen molar-refractivity contribution in [3.05, 3.63) is 29.8 Å². The predicted octanol–water partition coefficient (Wildman–Crippen LogP) is 2.50. The third-order valence-electron chi connectivity index (χ3n) is 2.57. The van der Waals surface area contributed by atoms with E-state index in [1.54, 1.807) is 0 Å². The van der Waals surface area contributed by atoms with Crippen LogP contribution in [0.3, 0.4) is 0 Å². The highest BCUT2D eigenvalue weighted by Crippen LogP contribution is 2.29. The van der Waals surface area contributed by atoms with Crippen molar-refractivity contribution >= 4 is 0 Å². The smallest absolute Gasteiger partial charge is 0.119 e. The number of nitrogens with two attached hydrogens (primary N) is 1. The molecule has 0 aliphatic heterocycles. The number of benzene rings is 1. The highest BCUT2D eigenvalue weighted by molar-refractivity contribution is 5.30. The van der Waals surface area contributed by atoms with Crippen LogP contribution in [-0.2, 0) is 0 Å². The molecule has 1 atom stereocenters. The van der Waals surface area contributed by atoms with E-state index in [4.69, 9.17) is 10.5 Å². The standard InChI is InChI=1S/C12H17NO/c1-9(13)11-3-2-4-12(7-11)14-8-10-5-6-10/h2-4,7,9-10H,5-6,8,13H2,1H3/t9-/m0/s1. The van der Waals surface area contributed by atoms with Gasteiger partial charge in [0.25, 0.3) is 0 Å². The number of ether oxygens (including phenoxy) is 1. The van der Waals surface area contributed by atoms with Gasteiger partial charge in [-0.3, -0.25) is 0 Å². The molecular formula is C12H17NO. The second-order valence-electron chi connectivity index (χ2n) is 4.12. The molecule has 1 aliphatic rings. The molecule has 2 heteroatoms. The largest absolute Gasteiger partial charge is 0.493 e. The first-order valence-corrected chi connectivity index (χ1v) is 5.24. The van der Waals surface area contributed by atoms with Crippen molar-refractivity contribution in [2.45, 2.75) is 25.8 Å². The fraction of sp³-hybridized carbons (Fsp3) is 0.500. The maximum Gasteiger partial charge on any atom is 0.119 e. The minimum atomic E-state index is 0.0828. The molecule has 76 valence electrons. The molecule has 1 fully saturated rings. The zero-order valence-corrected chi connectivity index (χ0v) is 8.57. The maximum atomic E-state index is 5.80. The molecule has 0 aromatic heterocycles. The molecule has 1 aromatic rings. The highest BCUT2D eigenvalue weighted by Gasteiger charge is 2.21. The van der Waals surface area contributed by atoms with E-state index in [0.717, 1.165) is 23.8 Å². The van der Waals surface area contributed by atoms with Crippen LogP contribution in [0.4, 0.5) is 0 Å². The van der Waals surface area contributed by atoms with Gasteiger partial charge in [-0.2, -0.15) is 0 Å². The van der Waals surface area contributed by atoms with E-state index in [1.165, 1.54) is 12.8 Å². The van der Waals surface area contributed by atoms with E-state index >= 15 is 0 Å². The summed E-state index contributed by atoms with van der Waals surface area (Å²) in [6.45, 7) is 2.85. The van der Waals surface area contributed by atoms with E-state index in [9.17, 15) is 0 Å². The second-order valence-corrected chi connectivity index (χ2v) is 4.12. The Balaban J connectivity index is 1.97. The molecule has 14 heavy (non-hydrogen) atoms. The van der Waals surface area contributed by atoms with Crippen LogP contribution in [0, 0.1) is 5.92 Å². The minimum Gasteiger partial charge on any atom is -0.493 e. The van der Waals surface area contributed by atoms with Crippen molar-refractivity contribution in [2.75, 3.05) is 6.61 Å². The van der Waals surface area contributed by atoms with Crippen LogP contribution in [0.25, 0.3) is 0 Å². The normalized spacial score (nSPS) is 17.9. The Bertz CT molecular complexity index is 305. The van der Waals surface area contributed by atoms with E-state index < -0.39 is 0 Å². The number of rotatable bonds is 4. The quantitative estimate of drug-likeness (QED) is 0.793. The minimum absolute atomic E-state index is 0.0828. The fourth-order valence-corrected chi connectivity index (χ4v) is 1.39. The van der Waals surface area contributed by atoms with Gasteiger partial charge in [-0.1, -0.05) is 12.1 Å². The molecule has 0 heterocycles. The Morgan fingerprint density at radius 1 is 1.50 bits per heavy atom. The van der Waals surface area contributed by atoms with Crippen molar-refractivity contribution in [3.63, 3.8) is 0 Å². The molecular weight excluding hydrogens is 174 g/mol. The lowest BCUT2D eigenvalue weighted by Crippen LogP contribution is -2.05. The third-order valence-corrected chi connectivity index (χ3v) is 2.57. The van der Waals surface area contributed by atoms with Gasteiger partial charge >= 0.3 is 0 Å². The first-order valence-electron chi connectivity index (χ1n) is 5.24. The molecule has 2 N–H and O–H groups in total. The van der Waals surface area contributed by atoms with Crippen LogP contribution < -0.4 is 10.5 Å². The van der Waals surface area contributed by atoms with Crippen LogP contribution in [0.2, 0.25) is 0 Å². The lowest BCUT2D eigenvalue weighted by molar-refractivity contribution is 0.299.